The van der Waals surface area contributed by atoms with Gasteiger partial charge in [-0.2, -0.15) is 0 Å². The van der Waals surface area contributed by atoms with Crippen molar-refractivity contribution >= 4 is 87.2 Å². The zero-order valence-electron chi connectivity index (χ0n) is 65.9. The molecule has 1 aliphatic rings. The van der Waals surface area contributed by atoms with Crippen molar-refractivity contribution in [2.75, 3.05) is 0 Å². The number of fused-ring (bicyclic) bond motifs is 6. The zero-order valence-corrected chi connectivity index (χ0v) is 68.2. The number of halogens is 1. The van der Waals surface area contributed by atoms with Gasteiger partial charge in [-0.3, -0.25) is 0 Å². The van der Waals surface area contributed by atoms with Crippen LogP contribution in [0.25, 0.3) is 187 Å². The smallest absolute Gasteiger partial charge is 0.399 e. The molecule has 574 valence electrons. The summed E-state index contributed by atoms with van der Waals surface area (Å²) in [6.07, 6.45) is 0. The summed E-state index contributed by atoms with van der Waals surface area (Å²) in [5.74, 6) is 5.22. The highest BCUT2D eigenvalue weighted by molar-refractivity contribution is 7.27. The molecule has 0 saturated carbocycles. The number of nitrogens with zero attached hydrogens (tertiary/aromatic N) is 10. The van der Waals surface area contributed by atoms with Crippen LogP contribution in [0, 0.1) is 0 Å². The van der Waals surface area contributed by atoms with Gasteiger partial charge in [0.25, 0.3) is 0 Å². The monoisotopic (exact) mass is 1600 g/mol. The summed E-state index contributed by atoms with van der Waals surface area (Å²) in [6, 6.07) is 128. The van der Waals surface area contributed by atoms with Crippen LogP contribution < -0.4 is 5.46 Å². The van der Waals surface area contributed by atoms with E-state index in [1.807, 2.05) is 229 Å². The first-order valence-electron chi connectivity index (χ1n) is 39.7. The SMILES string of the molecule is CC1(C)OB(c2ccc(-c3ccc(-c4nc(-c5ccccc5)nc(-c5ccccc5)n4)cc3)c3sc4ccccc4c23)OC1(C)C.Clc1cc(-c2ccccc2)nc(-c2ccccc2)n1.c1ccc(-c2cc(-c3ccc(-c4ccc(-c5nc(-c6ccccc6)nc(-c6ccccc6)n5)cc4)c4sc5ccccc5c34)nc(-c3ccccc3)n2)cc1. The molecule has 0 bridgehead atoms. The van der Waals surface area contributed by atoms with Crippen molar-refractivity contribution in [3.63, 3.8) is 0 Å². The third-order valence-electron chi connectivity index (χ3n) is 21.8. The van der Waals surface area contributed by atoms with Gasteiger partial charge < -0.3 is 9.31 Å². The highest BCUT2D eigenvalue weighted by Crippen LogP contribution is 2.47. The molecule has 12 nitrogen and oxygen atoms in total. The molecule has 0 atom stereocenters. The van der Waals surface area contributed by atoms with Crippen LogP contribution in [0.2, 0.25) is 5.15 Å². The minimum absolute atomic E-state index is 0.417. The third-order valence-corrected chi connectivity index (χ3v) is 24.4. The van der Waals surface area contributed by atoms with Crippen LogP contribution in [0.5, 0.6) is 0 Å². The standard InChI is InChI=1S/C49H31N5S.C39H32BN3O2S.C16H11ClN2/c1-5-15-33(16-6-1)41-31-42(51-46(50-41)34-17-7-2-8-18-34)39-30-29-38(45-44(39)40-23-13-14-24-43(40)55-45)32-25-27-37(28-26-32)49-53-47(35-19-9-3-10-20-35)52-48(54-49)36-21-11-4-12-22-36;1-38(2)39(3,4)45-40(44-38)31-24-23-29(34-33(31)30-17-11-12-18-32(30)46-34)25-19-21-28(22-20-25)37-42-35(26-13-7-5-8-14-26)41-36(43-37)27-15-9-6-10-16-27;17-15-11-14(12-7-3-1-4-8-12)18-16(19-15)13-9-5-2-6-10-13/h1-31H;5-24H,1-4H3;1-11H. The van der Waals surface area contributed by atoms with Gasteiger partial charge in [-0.05, 0) is 79.0 Å². The molecule has 7 heterocycles. The molecule has 0 spiro atoms. The lowest BCUT2D eigenvalue weighted by molar-refractivity contribution is 0.00578. The Labute approximate surface area is 708 Å². The van der Waals surface area contributed by atoms with Gasteiger partial charge in [0.15, 0.2) is 46.6 Å². The van der Waals surface area contributed by atoms with Crippen LogP contribution in [0.1, 0.15) is 27.7 Å². The highest BCUT2D eigenvalue weighted by atomic mass is 35.5. The van der Waals surface area contributed by atoms with Crippen molar-refractivity contribution in [3.8, 4) is 147 Å². The second-order valence-electron chi connectivity index (χ2n) is 30.1. The zero-order chi connectivity index (χ0) is 81.1. The molecule has 14 aromatic carbocycles. The Balaban J connectivity index is 0.000000132. The van der Waals surface area contributed by atoms with Gasteiger partial charge in [-0.1, -0.05) is 363 Å². The predicted molar refractivity (Wildman–Crippen MR) is 494 cm³/mol. The highest BCUT2D eigenvalue weighted by Gasteiger charge is 2.52. The molecule has 0 radical (unpaired) electrons. The molecular formula is C104H74BClN10O2S2. The minimum Gasteiger partial charge on any atom is -0.399 e. The molecular weight excluding hydrogens is 1530 g/mol. The Morgan fingerprint density at radius 2 is 0.508 bits per heavy atom. The van der Waals surface area contributed by atoms with E-state index in [9.17, 15) is 0 Å². The number of benzene rings is 14. The molecule has 1 saturated heterocycles. The van der Waals surface area contributed by atoms with Crippen LogP contribution in [-0.2, 0) is 9.31 Å². The number of hydrogen-bond acceptors (Lipinski definition) is 14. The van der Waals surface area contributed by atoms with E-state index < -0.39 is 18.3 Å². The van der Waals surface area contributed by atoms with Gasteiger partial charge in [0, 0.05) is 102 Å². The van der Waals surface area contributed by atoms with Crippen LogP contribution >= 0.6 is 34.3 Å². The fraction of sp³-hybridized carbons (Fsp3) is 0.0577. The first kappa shape index (κ1) is 76.0. The number of thiophene rings is 2. The second-order valence-corrected chi connectivity index (χ2v) is 32.6. The quantitative estimate of drug-likeness (QED) is 0.0754. The number of aromatic nitrogens is 10. The van der Waals surface area contributed by atoms with E-state index in [4.69, 9.17) is 60.8 Å². The lowest BCUT2D eigenvalue weighted by Gasteiger charge is -2.32. The normalized spacial score (nSPS) is 12.8. The summed E-state index contributed by atoms with van der Waals surface area (Å²) in [6.45, 7) is 8.40. The van der Waals surface area contributed by atoms with E-state index in [1.165, 1.54) is 45.9 Å². The molecule has 16 heteroatoms. The fourth-order valence-corrected chi connectivity index (χ4v) is 17.7. The van der Waals surface area contributed by atoms with Gasteiger partial charge >= 0.3 is 7.12 Å². The summed E-state index contributed by atoms with van der Waals surface area (Å²) < 4.78 is 18.0. The van der Waals surface area contributed by atoms with Crippen molar-refractivity contribution in [3.05, 3.63) is 381 Å². The Hall–Kier alpha value is -14.0. The van der Waals surface area contributed by atoms with Crippen molar-refractivity contribution in [2.45, 2.75) is 38.9 Å². The van der Waals surface area contributed by atoms with Crippen LogP contribution in [0.15, 0.2) is 376 Å². The summed E-state index contributed by atoms with van der Waals surface area (Å²) in [7, 11) is -0.441. The Morgan fingerprint density at radius 1 is 0.242 bits per heavy atom. The molecule has 0 N–H and O–H groups in total. The molecule has 1 aliphatic heterocycles. The van der Waals surface area contributed by atoms with Crippen molar-refractivity contribution in [2.24, 2.45) is 0 Å². The van der Waals surface area contributed by atoms with E-state index in [1.54, 1.807) is 6.07 Å². The van der Waals surface area contributed by atoms with Gasteiger partial charge in [-0.25, -0.2) is 49.8 Å². The molecule has 21 rings (SSSR count). The lowest BCUT2D eigenvalue weighted by Crippen LogP contribution is -2.41. The van der Waals surface area contributed by atoms with E-state index in [-0.39, 0.29) is 0 Å². The topological polar surface area (TPSA) is 147 Å². The maximum atomic E-state index is 6.53. The first-order chi connectivity index (χ1) is 58.8. The van der Waals surface area contributed by atoms with E-state index >= 15 is 0 Å². The lowest BCUT2D eigenvalue weighted by atomic mass is 9.75. The summed E-state index contributed by atoms with van der Waals surface area (Å²) in [5, 5.41) is 5.27. The average Bonchev–Trinajstić information content (AvgIpc) is 1.58. The summed E-state index contributed by atoms with van der Waals surface area (Å²) >= 11 is 9.73. The molecule has 20 aromatic rings. The third kappa shape index (κ3) is 15.7. The predicted octanol–water partition coefficient (Wildman–Crippen LogP) is 26.4. The van der Waals surface area contributed by atoms with Gasteiger partial charge in [0.1, 0.15) is 5.15 Å². The molecule has 120 heavy (non-hydrogen) atoms. The van der Waals surface area contributed by atoms with E-state index in [0.29, 0.717) is 51.7 Å². The van der Waals surface area contributed by atoms with E-state index in [0.717, 1.165) is 100 Å². The number of rotatable bonds is 14. The summed E-state index contributed by atoms with van der Waals surface area (Å²) in [4.78, 5) is 48.6. The van der Waals surface area contributed by atoms with Crippen LogP contribution in [0.3, 0.4) is 0 Å². The van der Waals surface area contributed by atoms with Gasteiger partial charge in [0.2, 0.25) is 0 Å². The van der Waals surface area contributed by atoms with Crippen LogP contribution in [0.4, 0.5) is 0 Å². The van der Waals surface area contributed by atoms with E-state index in [2.05, 4.69) is 201 Å². The molecule has 1 fully saturated rings. The molecule has 6 aromatic heterocycles. The molecule has 0 amide bonds. The summed E-state index contributed by atoms with van der Waals surface area (Å²) in [5.41, 5.74) is 18.2. The molecule has 0 aliphatic carbocycles. The van der Waals surface area contributed by atoms with Crippen molar-refractivity contribution in [1.82, 2.24) is 49.8 Å². The minimum atomic E-state index is -0.441. The maximum Gasteiger partial charge on any atom is 0.495 e. The fourth-order valence-electron chi connectivity index (χ4n) is 14.9. The average molecular weight is 1610 g/mol. The Bertz CT molecular complexity index is 6840. The van der Waals surface area contributed by atoms with Gasteiger partial charge in [-0.15, -0.1) is 22.7 Å². The van der Waals surface area contributed by atoms with Crippen molar-refractivity contribution < 1.29 is 9.31 Å². The largest absolute Gasteiger partial charge is 0.495 e. The van der Waals surface area contributed by atoms with Crippen LogP contribution in [-0.4, -0.2) is 68.2 Å². The second kappa shape index (κ2) is 33.2. The van der Waals surface area contributed by atoms with Gasteiger partial charge in [0.05, 0.1) is 28.3 Å². The maximum absolute atomic E-state index is 6.53. The number of hydrogen-bond donors (Lipinski definition) is 0. The Kier molecular flexibility index (Phi) is 21.0. The Morgan fingerprint density at radius 3 is 0.883 bits per heavy atom. The molecule has 0 unspecified atom stereocenters. The van der Waals surface area contributed by atoms with Crippen molar-refractivity contribution in [1.29, 1.82) is 0 Å². The first-order valence-corrected chi connectivity index (χ1v) is 41.7.